The molecule has 2 nitrogen and oxygen atoms in total. The molecule has 0 bridgehead atoms. The van der Waals surface area contributed by atoms with Crippen LogP contribution in [-0.2, 0) is 4.79 Å². The summed E-state index contributed by atoms with van der Waals surface area (Å²) in [5, 5.41) is 0. The number of hydrogen-bond donors (Lipinski definition) is 1. The van der Waals surface area contributed by atoms with Crippen molar-refractivity contribution in [2.75, 3.05) is 6.61 Å². The fraction of sp³-hybridized carbons (Fsp3) is 0.300. The van der Waals surface area contributed by atoms with E-state index in [1.807, 2.05) is 25.1 Å². The van der Waals surface area contributed by atoms with Gasteiger partial charge in [-0.3, -0.25) is 4.79 Å². The predicted molar refractivity (Wildman–Crippen MR) is 54.6 cm³/mol. The second-order valence-electron chi connectivity index (χ2n) is 2.94. The smallest absolute Gasteiger partial charge is 0.167 e. The lowest BCUT2D eigenvalue weighted by molar-refractivity contribution is -0.118. The van der Waals surface area contributed by atoms with Crippen LogP contribution in [0.2, 0.25) is 0 Å². The lowest BCUT2D eigenvalue weighted by Crippen LogP contribution is -2.07. The summed E-state index contributed by atoms with van der Waals surface area (Å²) in [5.74, 6) is 0.766. The van der Waals surface area contributed by atoms with Crippen LogP contribution in [0, 0.1) is 6.92 Å². The summed E-state index contributed by atoms with van der Waals surface area (Å²) in [5.41, 5.74) is 0.994. The topological polar surface area (TPSA) is 26.3 Å². The summed E-state index contributed by atoms with van der Waals surface area (Å²) in [6.45, 7) is 3.56. The van der Waals surface area contributed by atoms with Gasteiger partial charge in [-0.05, 0) is 37.6 Å². The van der Waals surface area contributed by atoms with Gasteiger partial charge in [-0.15, -0.1) is 12.6 Å². The van der Waals surface area contributed by atoms with Crippen LogP contribution in [0.3, 0.4) is 0 Å². The number of thiol groups is 1. The first-order valence-corrected chi connectivity index (χ1v) is 4.46. The van der Waals surface area contributed by atoms with Crippen LogP contribution < -0.4 is 4.74 Å². The molecule has 3 heteroatoms. The largest absolute Gasteiger partial charge is 0.486 e. The highest BCUT2D eigenvalue weighted by molar-refractivity contribution is 7.80. The molecule has 0 aromatic heterocycles. The number of ketones is 1. The second kappa shape index (κ2) is 4.33. The molecule has 0 fully saturated rings. The molecule has 0 aliphatic heterocycles. The number of hydrogen-bond acceptors (Lipinski definition) is 3. The normalized spacial score (nSPS) is 9.77. The van der Waals surface area contributed by atoms with Gasteiger partial charge in [-0.2, -0.15) is 0 Å². The van der Waals surface area contributed by atoms with Gasteiger partial charge in [0.25, 0.3) is 0 Å². The highest BCUT2D eigenvalue weighted by Crippen LogP contribution is 2.20. The maximum Gasteiger partial charge on any atom is 0.167 e. The molecule has 0 unspecified atom stereocenters. The van der Waals surface area contributed by atoms with Gasteiger partial charge in [0.05, 0.1) is 0 Å². The van der Waals surface area contributed by atoms with Crippen molar-refractivity contribution in [2.45, 2.75) is 18.7 Å². The van der Waals surface area contributed by atoms with E-state index in [1.54, 1.807) is 0 Å². The standard InChI is InChI=1S/C10H12O2S/c1-7-5-9(13)3-4-10(7)12-6-8(2)11/h3-5,13H,6H2,1-2H3. The molecule has 0 heterocycles. The SMILES string of the molecule is CC(=O)COc1ccc(S)cc1C. The first-order chi connectivity index (χ1) is 6.09. The zero-order valence-electron chi connectivity index (χ0n) is 7.70. The summed E-state index contributed by atoms with van der Waals surface area (Å²) in [6.07, 6.45) is 0. The highest BCUT2D eigenvalue weighted by Gasteiger charge is 2.00. The Balaban J connectivity index is 2.72. The van der Waals surface area contributed by atoms with Crippen molar-refractivity contribution in [3.05, 3.63) is 23.8 Å². The summed E-state index contributed by atoms with van der Waals surface area (Å²) < 4.78 is 5.27. The van der Waals surface area contributed by atoms with E-state index in [9.17, 15) is 4.79 Å². The van der Waals surface area contributed by atoms with Crippen molar-refractivity contribution < 1.29 is 9.53 Å². The Bertz CT molecular complexity index is 321. The summed E-state index contributed by atoms with van der Waals surface area (Å²) in [6, 6.07) is 5.56. The van der Waals surface area contributed by atoms with Gasteiger partial charge in [0.2, 0.25) is 0 Å². The van der Waals surface area contributed by atoms with Crippen LogP contribution in [0.25, 0.3) is 0 Å². The minimum absolute atomic E-state index is 0.0225. The maximum absolute atomic E-state index is 10.7. The van der Waals surface area contributed by atoms with E-state index in [2.05, 4.69) is 12.6 Å². The summed E-state index contributed by atoms with van der Waals surface area (Å²) >= 11 is 4.19. The molecular formula is C10H12O2S. The maximum atomic E-state index is 10.7. The molecule has 0 N–H and O–H groups in total. The Morgan fingerprint density at radius 1 is 1.54 bits per heavy atom. The highest BCUT2D eigenvalue weighted by atomic mass is 32.1. The third-order valence-corrected chi connectivity index (χ3v) is 1.87. The third-order valence-electron chi connectivity index (χ3n) is 1.59. The molecule has 0 aliphatic carbocycles. The van der Waals surface area contributed by atoms with Crippen molar-refractivity contribution in [1.82, 2.24) is 0 Å². The van der Waals surface area contributed by atoms with Crippen LogP contribution >= 0.6 is 12.6 Å². The minimum atomic E-state index is 0.0225. The zero-order chi connectivity index (χ0) is 9.84. The Morgan fingerprint density at radius 2 is 2.23 bits per heavy atom. The van der Waals surface area contributed by atoms with Crippen molar-refractivity contribution >= 4 is 18.4 Å². The molecule has 1 aromatic carbocycles. The van der Waals surface area contributed by atoms with Crippen molar-refractivity contribution in [3.63, 3.8) is 0 Å². The van der Waals surface area contributed by atoms with E-state index in [0.717, 1.165) is 16.2 Å². The monoisotopic (exact) mass is 196 g/mol. The number of carbonyl (C=O) groups is 1. The molecular weight excluding hydrogens is 184 g/mol. The van der Waals surface area contributed by atoms with Crippen LogP contribution in [0.15, 0.2) is 23.1 Å². The van der Waals surface area contributed by atoms with Gasteiger partial charge in [-0.1, -0.05) is 0 Å². The second-order valence-corrected chi connectivity index (χ2v) is 3.46. The van der Waals surface area contributed by atoms with E-state index < -0.39 is 0 Å². The molecule has 0 amide bonds. The predicted octanol–water partition coefficient (Wildman–Crippen LogP) is 2.25. The van der Waals surface area contributed by atoms with Crippen molar-refractivity contribution in [3.8, 4) is 5.75 Å². The average Bonchev–Trinajstić information content (AvgIpc) is 2.02. The molecule has 13 heavy (non-hydrogen) atoms. The van der Waals surface area contributed by atoms with Crippen molar-refractivity contribution in [2.24, 2.45) is 0 Å². The van der Waals surface area contributed by atoms with Gasteiger partial charge >= 0.3 is 0 Å². The van der Waals surface area contributed by atoms with Crippen LogP contribution in [0.1, 0.15) is 12.5 Å². The molecule has 0 spiro atoms. The Hall–Kier alpha value is -0.960. The van der Waals surface area contributed by atoms with E-state index >= 15 is 0 Å². The lowest BCUT2D eigenvalue weighted by atomic mass is 10.2. The van der Waals surface area contributed by atoms with Crippen LogP contribution in [-0.4, -0.2) is 12.4 Å². The number of Topliss-reactive ketones (excluding diaryl/α,β-unsaturated/α-hetero) is 1. The molecule has 70 valence electrons. The van der Waals surface area contributed by atoms with Gasteiger partial charge < -0.3 is 4.74 Å². The fourth-order valence-corrected chi connectivity index (χ4v) is 1.24. The number of rotatable bonds is 3. The van der Waals surface area contributed by atoms with Crippen LogP contribution in [0.4, 0.5) is 0 Å². The Kier molecular flexibility index (Phi) is 3.37. The molecule has 0 aliphatic rings. The fourth-order valence-electron chi connectivity index (χ4n) is 0.975. The third kappa shape index (κ3) is 3.11. The van der Waals surface area contributed by atoms with Crippen molar-refractivity contribution in [1.29, 1.82) is 0 Å². The molecule has 0 saturated carbocycles. The zero-order valence-corrected chi connectivity index (χ0v) is 8.60. The first-order valence-electron chi connectivity index (χ1n) is 4.01. The summed E-state index contributed by atoms with van der Waals surface area (Å²) in [7, 11) is 0. The number of benzene rings is 1. The molecule has 1 aromatic rings. The molecule has 1 rings (SSSR count). The Morgan fingerprint density at radius 3 is 2.77 bits per heavy atom. The lowest BCUT2D eigenvalue weighted by Gasteiger charge is -2.07. The van der Waals surface area contributed by atoms with Crippen LogP contribution in [0.5, 0.6) is 5.75 Å². The Labute approximate surface area is 83.3 Å². The minimum Gasteiger partial charge on any atom is -0.486 e. The van der Waals surface area contributed by atoms with E-state index in [0.29, 0.717) is 0 Å². The first kappa shape index (κ1) is 10.1. The molecule has 0 saturated heterocycles. The van der Waals surface area contributed by atoms with Gasteiger partial charge in [-0.25, -0.2) is 0 Å². The number of ether oxygens (including phenoxy) is 1. The molecule has 0 radical (unpaired) electrons. The van der Waals surface area contributed by atoms with Gasteiger partial charge in [0, 0.05) is 4.90 Å². The number of carbonyl (C=O) groups excluding carboxylic acids is 1. The van der Waals surface area contributed by atoms with Gasteiger partial charge in [0.1, 0.15) is 12.4 Å². The van der Waals surface area contributed by atoms with E-state index in [4.69, 9.17) is 4.74 Å². The van der Waals surface area contributed by atoms with E-state index in [-0.39, 0.29) is 12.4 Å². The quantitative estimate of drug-likeness (QED) is 0.750. The summed E-state index contributed by atoms with van der Waals surface area (Å²) in [4.78, 5) is 11.6. The number of aryl methyl sites for hydroxylation is 1. The average molecular weight is 196 g/mol. The van der Waals surface area contributed by atoms with E-state index in [1.165, 1.54) is 6.92 Å². The molecule has 0 atom stereocenters. The van der Waals surface area contributed by atoms with Gasteiger partial charge in [0.15, 0.2) is 5.78 Å².